The van der Waals surface area contributed by atoms with E-state index in [0.29, 0.717) is 12.1 Å². The van der Waals surface area contributed by atoms with Crippen LogP contribution in [0.4, 0.5) is 13.2 Å². The summed E-state index contributed by atoms with van der Waals surface area (Å²) in [6, 6.07) is 11.3. The van der Waals surface area contributed by atoms with Crippen LogP contribution < -0.4 is 0 Å². The van der Waals surface area contributed by atoms with Gasteiger partial charge >= 0.3 is 6.18 Å². The van der Waals surface area contributed by atoms with Gasteiger partial charge in [-0.25, -0.2) is 0 Å². The van der Waals surface area contributed by atoms with E-state index in [-0.39, 0.29) is 6.61 Å². The number of aliphatic hydroxyl groups excluding tert-OH is 1. The van der Waals surface area contributed by atoms with Gasteiger partial charge in [-0.3, -0.25) is 0 Å². The zero-order valence-electron chi connectivity index (χ0n) is 15.7. The van der Waals surface area contributed by atoms with Gasteiger partial charge < -0.3 is 10.0 Å². The number of likely N-dealkylation sites (N-methyl/N-ethyl adjacent to an activating group) is 1. The molecule has 0 bridgehead atoms. The highest BCUT2D eigenvalue weighted by Crippen LogP contribution is 2.34. The number of aryl methyl sites for hydroxylation is 1. The minimum Gasteiger partial charge on any atom is -0.395 e. The van der Waals surface area contributed by atoms with E-state index in [1.807, 2.05) is 6.07 Å². The molecule has 3 nitrogen and oxygen atoms in total. The summed E-state index contributed by atoms with van der Waals surface area (Å²) in [5.74, 6) is 0. The van der Waals surface area contributed by atoms with E-state index in [1.165, 1.54) is 29.2 Å². The molecule has 7 heteroatoms. The predicted octanol–water partition coefficient (Wildman–Crippen LogP) is 5.23. The Hall–Kier alpha value is -1.96. The van der Waals surface area contributed by atoms with Crippen LogP contribution in [0.5, 0.6) is 0 Å². The lowest BCUT2D eigenvalue weighted by Crippen LogP contribution is -2.27. The molecular formula is C21H23F3N2OS. The molecular weight excluding hydrogens is 385 g/mol. The molecule has 0 saturated carbocycles. The fourth-order valence-corrected chi connectivity index (χ4v) is 4.10. The van der Waals surface area contributed by atoms with Crippen molar-refractivity contribution in [3.63, 3.8) is 0 Å². The summed E-state index contributed by atoms with van der Waals surface area (Å²) in [6.45, 7) is 4.82. The van der Waals surface area contributed by atoms with E-state index in [1.54, 1.807) is 0 Å². The molecule has 0 unspecified atom stereocenters. The molecule has 1 N–H and O–H groups in total. The number of rotatable bonds is 8. The molecule has 2 aromatic carbocycles. The van der Waals surface area contributed by atoms with E-state index < -0.39 is 11.7 Å². The molecule has 1 aromatic heterocycles. The Labute approximate surface area is 166 Å². The van der Waals surface area contributed by atoms with Gasteiger partial charge in [-0.05, 0) is 61.2 Å². The van der Waals surface area contributed by atoms with Gasteiger partial charge in [0.05, 0.1) is 22.6 Å². The van der Waals surface area contributed by atoms with E-state index in [9.17, 15) is 13.2 Å². The maximum Gasteiger partial charge on any atom is 0.416 e. The third kappa shape index (κ3) is 4.90. The Morgan fingerprint density at radius 3 is 2.46 bits per heavy atom. The van der Waals surface area contributed by atoms with Crippen LogP contribution >= 0.6 is 11.5 Å². The van der Waals surface area contributed by atoms with E-state index in [4.69, 9.17) is 5.11 Å². The molecule has 28 heavy (non-hydrogen) atoms. The highest BCUT2D eigenvalue weighted by molar-refractivity contribution is 7.13. The van der Waals surface area contributed by atoms with Crippen molar-refractivity contribution in [2.24, 2.45) is 0 Å². The second-order valence-electron chi connectivity index (χ2n) is 6.70. The first kappa shape index (κ1) is 20.8. The fraction of sp³-hybridized carbons (Fsp3) is 0.381. The lowest BCUT2D eigenvalue weighted by molar-refractivity contribution is -0.137. The second kappa shape index (κ2) is 9.03. The van der Waals surface area contributed by atoms with Crippen LogP contribution in [0.25, 0.3) is 21.3 Å². The van der Waals surface area contributed by atoms with E-state index in [0.717, 1.165) is 53.8 Å². The molecule has 0 aliphatic heterocycles. The van der Waals surface area contributed by atoms with E-state index in [2.05, 4.69) is 28.3 Å². The van der Waals surface area contributed by atoms with Gasteiger partial charge in [-0.1, -0.05) is 31.2 Å². The number of aliphatic hydroxyl groups is 1. The van der Waals surface area contributed by atoms with Crippen LogP contribution in [0, 0.1) is 0 Å². The van der Waals surface area contributed by atoms with Crippen LogP contribution in [-0.4, -0.2) is 40.6 Å². The summed E-state index contributed by atoms with van der Waals surface area (Å²) < 4.78 is 43.7. The van der Waals surface area contributed by atoms with Crippen molar-refractivity contribution in [1.29, 1.82) is 0 Å². The molecule has 0 aliphatic carbocycles. The molecule has 0 amide bonds. The standard InChI is InChI=1S/C21H23F3N2OS/c1-2-26(12-13-27)11-3-4-15-5-10-18-19(14-15)28-25-20(18)16-6-8-17(9-7-16)21(22,23)24/h5-10,14,27H,2-4,11-13H2,1H3. The minimum absolute atomic E-state index is 0.174. The number of benzene rings is 2. The normalized spacial score (nSPS) is 12.2. The number of halogens is 3. The maximum absolute atomic E-state index is 12.7. The first-order valence-electron chi connectivity index (χ1n) is 9.31. The monoisotopic (exact) mass is 408 g/mol. The van der Waals surface area contributed by atoms with Crippen molar-refractivity contribution in [3.8, 4) is 11.3 Å². The van der Waals surface area contributed by atoms with Crippen molar-refractivity contribution in [2.45, 2.75) is 25.9 Å². The molecule has 0 saturated heterocycles. The Kier molecular flexibility index (Phi) is 6.69. The quantitative estimate of drug-likeness (QED) is 0.555. The SMILES string of the molecule is CCN(CCO)CCCc1ccc2c(-c3ccc(C(F)(F)F)cc3)nsc2c1. The van der Waals surface area contributed by atoms with Gasteiger partial charge in [0.15, 0.2) is 0 Å². The molecule has 0 aliphatic rings. The first-order chi connectivity index (χ1) is 13.4. The third-order valence-corrected chi connectivity index (χ3v) is 5.63. The van der Waals surface area contributed by atoms with E-state index >= 15 is 0 Å². The highest BCUT2D eigenvalue weighted by atomic mass is 32.1. The Morgan fingerprint density at radius 2 is 1.82 bits per heavy atom. The summed E-state index contributed by atoms with van der Waals surface area (Å²) >= 11 is 1.37. The molecule has 0 atom stereocenters. The summed E-state index contributed by atoms with van der Waals surface area (Å²) in [5, 5.41) is 10.0. The highest BCUT2D eigenvalue weighted by Gasteiger charge is 2.30. The van der Waals surface area contributed by atoms with Gasteiger partial charge in [0.1, 0.15) is 0 Å². The summed E-state index contributed by atoms with van der Waals surface area (Å²) in [5.41, 5.74) is 1.98. The molecule has 150 valence electrons. The average molecular weight is 408 g/mol. The fourth-order valence-electron chi connectivity index (χ4n) is 3.24. The summed E-state index contributed by atoms with van der Waals surface area (Å²) in [7, 11) is 0. The lowest BCUT2D eigenvalue weighted by Gasteiger charge is -2.18. The van der Waals surface area contributed by atoms with Crippen LogP contribution in [0.1, 0.15) is 24.5 Å². The second-order valence-corrected chi connectivity index (χ2v) is 7.50. The lowest BCUT2D eigenvalue weighted by atomic mass is 10.0. The van der Waals surface area contributed by atoms with Crippen LogP contribution in [-0.2, 0) is 12.6 Å². The van der Waals surface area contributed by atoms with Gasteiger partial charge in [0.2, 0.25) is 0 Å². The number of fused-ring (bicyclic) bond motifs is 1. The predicted molar refractivity (Wildman–Crippen MR) is 108 cm³/mol. The molecule has 3 rings (SSSR count). The molecule has 0 radical (unpaired) electrons. The van der Waals surface area contributed by atoms with Gasteiger partial charge in [-0.2, -0.15) is 17.5 Å². The molecule has 3 aromatic rings. The first-order valence-corrected chi connectivity index (χ1v) is 10.1. The molecule has 0 fully saturated rings. The number of aromatic nitrogens is 1. The van der Waals surface area contributed by atoms with Gasteiger partial charge in [-0.15, -0.1) is 0 Å². The van der Waals surface area contributed by atoms with Gasteiger partial charge in [0, 0.05) is 17.5 Å². The van der Waals surface area contributed by atoms with Crippen LogP contribution in [0.2, 0.25) is 0 Å². The summed E-state index contributed by atoms with van der Waals surface area (Å²) in [4.78, 5) is 2.22. The number of hydrogen-bond donors (Lipinski definition) is 1. The van der Waals surface area contributed by atoms with Crippen LogP contribution in [0.3, 0.4) is 0 Å². The van der Waals surface area contributed by atoms with Crippen molar-refractivity contribution < 1.29 is 18.3 Å². The Bertz CT molecular complexity index is 906. The number of hydrogen-bond acceptors (Lipinski definition) is 4. The number of nitrogens with zero attached hydrogens (tertiary/aromatic N) is 2. The van der Waals surface area contributed by atoms with Crippen molar-refractivity contribution in [3.05, 3.63) is 53.6 Å². The topological polar surface area (TPSA) is 36.4 Å². The number of alkyl halides is 3. The van der Waals surface area contributed by atoms with Gasteiger partial charge in [0.25, 0.3) is 0 Å². The Morgan fingerprint density at radius 1 is 1.07 bits per heavy atom. The Balaban J connectivity index is 1.72. The molecule has 1 heterocycles. The smallest absolute Gasteiger partial charge is 0.395 e. The van der Waals surface area contributed by atoms with Crippen molar-refractivity contribution in [2.75, 3.05) is 26.2 Å². The third-order valence-electron chi connectivity index (χ3n) is 4.83. The van der Waals surface area contributed by atoms with Crippen molar-refractivity contribution in [1.82, 2.24) is 9.27 Å². The van der Waals surface area contributed by atoms with Crippen LogP contribution in [0.15, 0.2) is 42.5 Å². The van der Waals surface area contributed by atoms with Crippen molar-refractivity contribution >= 4 is 21.6 Å². The zero-order chi connectivity index (χ0) is 20.1. The largest absolute Gasteiger partial charge is 0.416 e. The average Bonchev–Trinajstić information content (AvgIpc) is 3.10. The zero-order valence-corrected chi connectivity index (χ0v) is 16.5. The molecule has 0 spiro atoms. The minimum atomic E-state index is -4.33. The maximum atomic E-state index is 12.7. The summed E-state index contributed by atoms with van der Waals surface area (Å²) in [6.07, 6.45) is -2.39.